The van der Waals surface area contributed by atoms with E-state index >= 15 is 0 Å². The van der Waals surface area contributed by atoms with E-state index in [0.29, 0.717) is 0 Å². The van der Waals surface area contributed by atoms with Gasteiger partial charge in [-0.3, -0.25) is 0 Å². The summed E-state index contributed by atoms with van der Waals surface area (Å²) >= 11 is 0. The molecule has 5 nitrogen and oxygen atoms in total. The van der Waals surface area contributed by atoms with Gasteiger partial charge in [-0.05, 0) is 118 Å². The maximum absolute atomic E-state index is 7.66. The molecule has 12 aromatic rings. The maximum Gasteiger partial charge on any atom is 0.137 e. The average molecular weight is 1090 g/mol. The molecule has 410 valence electrons. The summed E-state index contributed by atoms with van der Waals surface area (Å²) in [6, 6.07) is 78.5. The number of fused-ring (bicyclic) bond motifs is 15. The molecule has 0 N–H and O–H groups in total. The lowest BCUT2D eigenvalue weighted by Crippen LogP contribution is -2.41. The first-order valence-electron chi connectivity index (χ1n) is 30.0. The van der Waals surface area contributed by atoms with E-state index in [1.54, 1.807) is 0 Å². The number of hydrogen-bond donors (Lipinski definition) is 0. The van der Waals surface area contributed by atoms with Gasteiger partial charge in [0.25, 0.3) is 0 Å². The Morgan fingerprint density at radius 2 is 0.893 bits per heavy atom. The fourth-order valence-electron chi connectivity index (χ4n) is 15.3. The Hall–Kier alpha value is -9.32. The molecule has 9 aromatic carbocycles. The summed E-state index contributed by atoms with van der Waals surface area (Å²) in [6.07, 6.45) is 14.8. The van der Waals surface area contributed by atoms with Crippen molar-refractivity contribution < 1.29 is 13.3 Å². The van der Waals surface area contributed by atoms with Crippen molar-refractivity contribution in [1.29, 1.82) is 0 Å². The first kappa shape index (κ1) is 50.4. The second kappa shape index (κ2) is 18.9. The molecule has 1 fully saturated rings. The minimum atomic E-state index is -0.594. The third-order valence-electron chi connectivity index (χ3n) is 19.1. The first-order valence-corrected chi connectivity index (χ1v) is 30.0. The molecule has 5 unspecified atom stereocenters. The summed E-state index contributed by atoms with van der Waals surface area (Å²) in [5.41, 5.74) is 19.1. The van der Waals surface area contributed by atoms with Gasteiger partial charge in [0.1, 0.15) is 33.7 Å². The van der Waals surface area contributed by atoms with Gasteiger partial charge >= 0.3 is 0 Å². The van der Waals surface area contributed by atoms with E-state index in [1.807, 2.05) is 0 Å². The zero-order valence-electron chi connectivity index (χ0n) is 48.4. The summed E-state index contributed by atoms with van der Waals surface area (Å²) in [4.78, 5) is 5.02. The van der Waals surface area contributed by atoms with Gasteiger partial charge in [-0.15, -0.1) is 0 Å². The van der Waals surface area contributed by atoms with Gasteiger partial charge in [-0.25, -0.2) is 0 Å². The van der Waals surface area contributed by atoms with Crippen LogP contribution < -0.4 is 9.80 Å². The largest absolute Gasteiger partial charge is 0.460 e. The van der Waals surface area contributed by atoms with Crippen molar-refractivity contribution in [3.8, 4) is 0 Å². The van der Waals surface area contributed by atoms with Gasteiger partial charge < -0.3 is 23.1 Å². The van der Waals surface area contributed by atoms with Crippen LogP contribution in [-0.4, -0.2) is 0 Å². The molecule has 1 saturated carbocycles. The Morgan fingerprint density at radius 1 is 0.417 bits per heavy atom. The number of anilines is 4. The number of benzene rings is 9. The van der Waals surface area contributed by atoms with Gasteiger partial charge in [0.2, 0.25) is 0 Å². The lowest BCUT2D eigenvalue weighted by Gasteiger charge is -2.45. The highest BCUT2D eigenvalue weighted by Gasteiger charge is 2.65. The monoisotopic (exact) mass is 1090 g/mol. The first-order chi connectivity index (χ1) is 40.9. The minimum Gasteiger partial charge on any atom is -0.460 e. The second-order valence-electron chi connectivity index (χ2n) is 25.8. The number of nitrogens with zero attached hydrogens (tertiary/aromatic N) is 2. The predicted molar refractivity (Wildman–Crippen MR) is 348 cm³/mol. The topological polar surface area (TPSA) is 45.9 Å². The van der Waals surface area contributed by atoms with Crippen molar-refractivity contribution in [2.24, 2.45) is 11.8 Å². The van der Waals surface area contributed by atoms with Crippen LogP contribution in [0.25, 0.3) is 66.2 Å². The molecule has 0 amide bonds. The standard InChI is InChI=1S/C79H66N2O3/c1-77(2,3)49-33-37-53(38-34-49)80(55-41-43-60-58-26-15-18-30-68(58)82-71(60)45-55)66-47-64-73(62-28-14-13-25-57(62)66)75-65(79(64,51-21-9-7-10-22-51)52-23-11-8-12-24-52)48-67(74-63-29-17-20-32-70(63)84-76(74)75)81(54-39-35-50(36-40-54)78(4,5)6)56-42-44-61-59-27-16-19-31-69(59)83-72(61)46-56/h7,9-11,13-48,64-65,73,75H,8,12H2,1-6H3. The normalized spacial score (nSPS) is 20.1. The Bertz CT molecular complexity index is 4720. The van der Waals surface area contributed by atoms with E-state index in [2.05, 4.69) is 294 Å². The molecule has 0 bridgehead atoms. The zero-order valence-corrected chi connectivity index (χ0v) is 48.4. The van der Waals surface area contributed by atoms with E-state index in [4.69, 9.17) is 13.3 Å². The van der Waals surface area contributed by atoms with E-state index in [0.717, 1.165) is 113 Å². The number of hydrogen-bond acceptors (Lipinski definition) is 5. The summed E-state index contributed by atoms with van der Waals surface area (Å²) in [7, 11) is 0. The van der Waals surface area contributed by atoms with Gasteiger partial charge in [-0.1, -0.05) is 205 Å². The Labute approximate surface area is 491 Å². The summed E-state index contributed by atoms with van der Waals surface area (Å²) in [5.74, 6) is 0.782. The van der Waals surface area contributed by atoms with Crippen molar-refractivity contribution in [3.63, 3.8) is 0 Å². The van der Waals surface area contributed by atoms with Crippen LogP contribution in [0.1, 0.15) is 105 Å². The van der Waals surface area contributed by atoms with Gasteiger partial charge in [0.15, 0.2) is 0 Å². The van der Waals surface area contributed by atoms with Gasteiger partial charge in [0.05, 0.1) is 11.4 Å². The number of furan rings is 3. The molecule has 3 aromatic heterocycles. The number of allylic oxidation sites excluding steroid dienone is 6. The Kier molecular flexibility index (Phi) is 11.3. The predicted octanol–water partition coefficient (Wildman–Crippen LogP) is 21.5. The lowest BCUT2D eigenvalue weighted by molar-refractivity contribution is 0.354. The quantitative estimate of drug-likeness (QED) is 0.152. The molecule has 5 atom stereocenters. The van der Waals surface area contributed by atoms with Gasteiger partial charge in [-0.2, -0.15) is 0 Å². The molecule has 4 aliphatic carbocycles. The van der Waals surface area contributed by atoms with Crippen molar-refractivity contribution >= 4 is 89.0 Å². The van der Waals surface area contributed by atoms with Crippen molar-refractivity contribution in [3.05, 3.63) is 287 Å². The van der Waals surface area contributed by atoms with Crippen LogP contribution in [-0.2, 0) is 16.2 Å². The zero-order chi connectivity index (χ0) is 56.6. The Balaban J connectivity index is 0.994. The highest BCUT2D eigenvalue weighted by molar-refractivity contribution is 6.09. The molecule has 3 heterocycles. The highest BCUT2D eigenvalue weighted by Crippen LogP contribution is 2.72. The summed E-state index contributed by atoms with van der Waals surface area (Å²) in [5, 5.41) is 5.54. The van der Waals surface area contributed by atoms with Crippen molar-refractivity contribution in [2.45, 2.75) is 82.5 Å². The molecule has 4 aliphatic rings. The number of rotatable bonds is 8. The molecule has 0 aliphatic heterocycles. The van der Waals surface area contributed by atoms with Crippen LogP contribution >= 0.6 is 0 Å². The molecule has 16 rings (SSSR count). The van der Waals surface area contributed by atoms with E-state index in [-0.39, 0.29) is 34.5 Å². The molecular formula is C79H66N2O3. The fraction of sp³-hybridized carbons (Fsp3) is 0.190. The number of para-hydroxylation sites is 3. The lowest BCUT2D eigenvalue weighted by atomic mass is 9.58. The highest BCUT2D eigenvalue weighted by atomic mass is 16.3. The van der Waals surface area contributed by atoms with Crippen LogP contribution in [0.5, 0.6) is 0 Å². The maximum atomic E-state index is 7.66. The van der Waals surface area contributed by atoms with Crippen LogP contribution in [0.4, 0.5) is 22.7 Å². The smallest absolute Gasteiger partial charge is 0.137 e. The van der Waals surface area contributed by atoms with Crippen molar-refractivity contribution in [2.75, 3.05) is 9.80 Å². The molecule has 84 heavy (non-hydrogen) atoms. The third-order valence-corrected chi connectivity index (χ3v) is 19.1. The molecular weight excluding hydrogens is 1020 g/mol. The van der Waals surface area contributed by atoms with Crippen molar-refractivity contribution in [1.82, 2.24) is 0 Å². The molecule has 0 saturated heterocycles. The van der Waals surface area contributed by atoms with Crippen LogP contribution in [0.15, 0.2) is 262 Å². The SMILES string of the molecule is CC(C)(C)c1ccc(N(C2=CC3C(c4ccccc42)C2c4oc5ccccc5c4C(N(c4ccc(C(C)(C)C)cc4)c4ccc5c(c4)oc4ccccc45)=CC2C3(C2=CCCC=C2)c2ccccc2)c2ccc3c(c2)oc2ccccc23)cc1. The minimum absolute atomic E-state index is 0.00196. The van der Waals surface area contributed by atoms with E-state index in [9.17, 15) is 0 Å². The second-order valence-corrected chi connectivity index (χ2v) is 25.8. The van der Waals surface area contributed by atoms with E-state index < -0.39 is 5.41 Å². The summed E-state index contributed by atoms with van der Waals surface area (Å²) < 4.78 is 21.1. The average Bonchev–Trinajstić information content (AvgIpc) is 1.53. The van der Waals surface area contributed by atoms with Crippen LogP contribution in [0, 0.1) is 11.8 Å². The fourth-order valence-corrected chi connectivity index (χ4v) is 15.3. The van der Waals surface area contributed by atoms with E-state index in [1.165, 1.54) is 33.4 Å². The Morgan fingerprint density at radius 3 is 1.46 bits per heavy atom. The van der Waals surface area contributed by atoms with Crippen LogP contribution in [0.3, 0.4) is 0 Å². The molecule has 0 radical (unpaired) electrons. The van der Waals surface area contributed by atoms with Gasteiger partial charge in [0, 0.05) is 102 Å². The molecule has 5 heteroatoms. The molecule has 0 spiro atoms. The summed E-state index contributed by atoms with van der Waals surface area (Å²) in [6.45, 7) is 13.8. The third kappa shape index (κ3) is 7.67. The van der Waals surface area contributed by atoms with Crippen LogP contribution in [0.2, 0.25) is 0 Å².